The fourth-order valence-electron chi connectivity index (χ4n) is 3.45. The number of nitrogens with one attached hydrogen (secondary N) is 2. The number of anilines is 2. The normalized spacial score (nSPS) is 15.3. The Labute approximate surface area is 176 Å². The number of sulfonamides is 1. The van der Waals surface area contributed by atoms with Crippen LogP contribution in [0.15, 0.2) is 53.4 Å². The summed E-state index contributed by atoms with van der Waals surface area (Å²) in [5.74, 6) is 1.44. The average Bonchev–Trinajstić information content (AvgIpc) is 2.74. The first-order chi connectivity index (χ1) is 14.5. The highest BCUT2D eigenvalue weighted by Crippen LogP contribution is 2.27. The Bertz CT molecular complexity index is 1130. The molecular formula is C21H26N5O3S+. The maximum absolute atomic E-state index is 13.1. The summed E-state index contributed by atoms with van der Waals surface area (Å²) in [6.07, 6.45) is 0. The smallest absolute Gasteiger partial charge is 0.263 e. The van der Waals surface area contributed by atoms with E-state index in [9.17, 15) is 8.42 Å². The van der Waals surface area contributed by atoms with Gasteiger partial charge < -0.3 is 14.5 Å². The van der Waals surface area contributed by atoms with E-state index in [4.69, 9.17) is 9.72 Å². The topological polar surface area (TPSA) is 88.9 Å². The lowest BCUT2D eigenvalue weighted by molar-refractivity contribution is -0.880. The van der Waals surface area contributed by atoms with Crippen LogP contribution >= 0.6 is 0 Å². The molecule has 0 unspecified atom stereocenters. The van der Waals surface area contributed by atoms with Crippen LogP contribution in [-0.4, -0.2) is 58.2 Å². The second-order valence-corrected chi connectivity index (χ2v) is 9.02. The van der Waals surface area contributed by atoms with E-state index in [1.807, 2.05) is 31.2 Å². The summed E-state index contributed by atoms with van der Waals surface area (Å²) in [6, 6.07) is 13.8. The van der Waals surface area contributed by atoms with Crippen molar-refractivity contribution in [3.63, 3.8) is 0 Å². The number of nitrogens with zero attached hydrogens (tertiary/aromatic N) is 3. The number of para-hydroxylation sites is 2. The quantitative estimate of drug-likeness (QED) is 0.613. The van der Waals surface area contributed by atoms with Gasteiger partial charge in [-0.05, 0) is 43.3 Å². The summed E-state index contributed by atoms with van der Waals surface area (Å²) in [6.45, 7) is 5.89. The van der Waals surface area contributed by atoms with Crippen molar-refractivity contribution in [2.24, 2.45) is 0 Å². The monoisotopic (exact) mass is 428 g/mol. The molecule has 158 valence electrons. The minimum absolute atomic E-state index is 0.148. The van der Waals surface area contributed by atoms with Gasteiger partial charge in [-0.25, -0.2) is 18.4 Å². The molecule has 1 aromatic heterocycles. The number of quaternary nitrogens is 1. The van der Waals surface area contributed by atoms with Crippen LogP contribution in [0.25, 0.3) is 11.0 Å². The second kappa shape index (κ2) is 8.45. The fraction of sp³-hybridized carbons (Fsp3) is 0.333. The highest BCUT2D eigenvalue weighted by Gasteiger charge is 2.25. The molecule has 0 atom stereocenters. The van der Waals surface area contributed by atoms with E-state index in [-0.39, 0.29) is 10.7 Å². The zero-order chi connectivity index (χ0) is 21.1. The molecule has 30 heavy (non-hydrogen) atoms. The van der Waals surface area contributed by atoms with Gasteiger partial charge in [0.05, 0.1) is 55.8 Å². The van der Waals surface area contributed by atoms with Crippen LogP contribution in [0, 0.1) is 0 Å². The number of ether oxygens (including phenoxy) is 1. The van der Waals surface area contributed by atoms with Crippen LogP contribution in [0.1, 0.15) is 6.92 Å². The van der Waals surface area contributed by atoms with Crippen LogP contribution in [0.5, 0.6) is 5.75 Å². The van der Waals surface area contributed by atoms with Crippen LogP contribution in [0.2, 0.25) is 0 Å². The van der Waals surface area contributed by atoms with Crippen molar-refractivity contribution in [1.29, 1.82) is 0 Å². The Balaban J connectivity index is 1.70. The number of hydrogen-bond acceptors (Lipinski definition) is 6. The minimum Gasteiger partial charge on any atom is -0.494 e. The number of aromatic nitrogens is 2. The summed E-state index contributed by atoms with van der Waals surface area (Å²) in [5, 5.41) is 0. The highest BCUT2D eigenvalue weighted by atomic mass is 32.2. The molecule has 0 saturated carbocycles. The van der Waals surface area contributed by atoms with E-state index in [0.717, 1.165) is 31.7 Å². The first kappa shape index (κ1) is 20.4. The van der Waals surface area contributed by atoms with Crippen molar-refractivity contribution in [2.75, 3.05) is 49.5 Å². The molecule has 1 aliphatic rings. The van der Waals surface area contributed by atoms with E-state index < -0.39 is 10.0 Å². The van der Waals surface area contributed by atoms with Crippen molar-refractivity contribution in [3.05, 3.63) is 48.5 Å². The number of hydrogen-bond donors (Lipinski definition) is 2. The zero-order valence-electron chi connectivity index (χ0n) is 17.1. The van der Waals surface area contributed by atoms with Gasteiger partial charge in [0.1, 0.15) is 5.75 Å². The Hall–Kier alpha value is -2.91. The number of likely N-dealkylation sites (N-methyl/N-ethyl adjacent to an activating group) is 1. The molecule has 1 aliphatic heterocycles. The zero-order valence-corrected chi connectivity index (χ0v) is 17.9. The number of rotatable bonds is 6. The molecule has 0 radical (unpaired) electrons. The molecule has 4 rings (SSSR count). The molecule has 8 nitrogen and oxygen atoms in total. The summed E-state index contributed by atoms with van der Waals surface area (Å²) in [7, 11) is -1.67. The molecule has 0 bridgehead atoms. The van der Waals surface area contributed by atoms with E-state index in [0.29, 0.717) is 23.7 Å². The molecule has 1 saturated heterocycles. The number of piperazine rings is 1. The summed E-state index contributed by atoms with van der Waals surface area (Å²) in [5.41, 5.74) is 1.38. The molecule has 2 N–H and O–H groups in total. The lowest BCUT2D eigenvalue weighted by Crippen LogP contribution is -3.12. The third kappa shape index (κ3) is 4.31. The number of fused-ring (bicyclic) bond motifs is 1. The molecule has 0 spiro atoms. The second-order valence-electron chi connectivity index (χ2n) is 7.34. The van der Waals surface area contributed by atoms with Crippen LogP contribution in [-0.2, 0) is 10.0 Å². The van der Waals surface area contributed by atoms with E-state index in [1.165, 1.54) is 17.0 Å². The molecule has 2 aromatic carbocycles. The van der Waals surface area contributed by atoms with Gasteiger partial charge in [-0.3, -0.25) is 4.72 Å². The third-order valence-electron chi connectivity index (χ3n) is 5.14. The predicted octanol–water partition coefficient (Wildman–Crippen LogP) is 1.16. The van der Waals surface area contributed by atoms with Gasteiger partial charge >= 0.3 is 0 Å². The molecule has 9 heteroatoms. The predicted molar refractivity (Wildman–Crippen MR) is 117 cm³/mol. The Kier molecular flexibility index (Phi) is 5.74. The minimum atomic E-state index is -3.83. The molecule has 0 aliphatic carbocycles. The van der Waals surface area contributed by atoms with Crippen molar-refractivity contribution in [2.45, 2.75) is 11.8 Å². The molecule has 3 aromatic rings. The third-order valence-corrected chi connectivity index (χ3v) is 6.50. The molecular weight excluding hydrogens is 402 g/mol. The largest absolute Gasteiger partial charge is 0.494 e. The van der Waals surface area contributed by atoms with Gasteiger partial charge in [-0.15, -0.1) is 0 Å². The maximum atomic E-state index is 13.1. The van der Waals surface area contributed by atoms with Crippen molar-refractivity contribution < 1.29 is 18.1 Å². The van der Waals surface area contributed by atoms with Gasteiger partial charge in [0.25, 0.3) is 10.0 Å². The van der Waals surface area contributed by atoms with Gasteiger partial charge in [0, 0.05) is 0 Å². The van der Waals surface area contributed by atoms with E-state index >= 15 is 0 Å². The number of benzene rings is 2. The molecule has 2 heterocycles. The van der Waals surface area contributed by atoms with Crippen molar-refractivity contribution in [3.8, 4) is 5.75 Å². The molecule has 1 fully saturated rings. The van der Waals surface area contributed by atoms with Gasteiger partial charge in [-0.1, -0.05) is 12.1 Å². The van der Waals surface area contributed by atoms with Crippen LogP contribution in [0.4, 0.5) is 11.6 Å². The summed E-state index contributed by atoms with van der Waals surface area (Å²) < 4.78 is 34.2. The highest BCUT2D eigenvalue weighted by molar-refractivity contribution is 7.92. The van der Waals surface area contributed by atoms with Crippen molar-refractivity contribution >= 4 is 32.7 Å². The van der Waals surface area contributed by atoms with Gasteiger partial charge in [0.15, 0.2) is 11.6 Å². The van der Waals surface area contributed by atoms with Gasteiger partial charge in [0.2, 0.25) is 0 Å². The van der Waals surface area contributed by atoms with Gasteiger partial charge in [-0.2, -0.15) is 0 Å². The Morgan fingerprint density at radius 1 is 1.03 bits per heavy atom. The lowest BCUT2D eigenvalue weighted by Gasteiger charge is -2.31. The maximum Gasteiger partial charge on any atom is 0.263 e. The first-order valence-electron chi connectivity index (χ1n) is 10.0. The SMILES string of the molecule is CCOc1ccc(S(=O)(=O)Nc2nc3ccccc3nc2N2CC[NH+](C)CC2)cc1. The van der Waals surface area contributed by atoms with Crippen LogP contribution < -0.4 is 19.3 Å². The summed E-state index contributed by atoms with van der Waals surface area (Å²) in [4.78, 5) is 13.0. The molecule has 0 amide bonds. The Morgan fingerprint density at radius 2 is 1.67 bits per heavy atom. The average molecular weight is 429 g/mol. The first-order valence-corrected chi connectivity index (χ1v) is 11.5. The summed E-state index contributed by atoms with van der Waals surface area (Å²) >= 11 is 0. The van der Waals surface area contributed by atoms with E-state index in [2.05, 4.69) is 21.7 Å². The lowest BCUT2D eigenvalue weighted by atomic mass is 10.3. The van der Waals surface area contributed by atoms with Crippen molar-refractivity contribution in [1.82, 2.24) is 9.97 Å². The fourth-order valence-corrected chi connectivity index (χ4v) is 4.45. The standard InChI is InChI=1S/C21H25N5O3S/c1-3-29-16-8-10-17(11-9-16)30(27,28)24-20-21(26-14-12-25(2)13-15-26)23-19-7-5-4-6-18(19)22-20/h4-11H,3,12-15H2,1-2H3,(H,22,24)/p+1. The van der Waals surface area contributed by atoms with Crippen LogP contribution in [0.3, 0.4) is 0 Å². The Morgan fingerprint density at radius 3 is 2.30 bits per heavy atom. The van der Waals surface area contributed by atoms with E-state index in [1.54, 1.807) is 12.1 Å².